The number of ether oxygens (including phenoxy) is 4. The minimum atomic E-state index is -1.25. The number of fused-ring (bicyclic) bond motifs is 3. The number of aliphatic hydroxyl groups excluding tert-OH is 1. The topological polar surface area (TPSA) is 210 Å². The van der Waals surface area contributed by atoms with Crippen molar-refractivity contribution in [3.8, 4) is 17.2 Å². The van der Waals surface area contributed by atoms with Crippen LogP contribution in [0.3, 0.4) is 0 Å². The third-order valence-corrected chi connectivity index (χ3v) is 8.31. The van der Waals surface area contributed by atoms with E-state index in [1.807, 2.05) is 11.8 Å². The number of nitrogens with two attached hydrogens (primary N) is 1. The van der Waals surface area contributed by atoms with Gasteiger partial charge in [0, 0.05) is 36.5 Å². The lowest BCUT2D eigenvalue weighted by molar-refractivity contribution is -0.141. The molecule has 5 heterocycles. The number of nitrogens with one attached hydrogen (secondary N) is 1. The number of carbonyl (C=O) groups is 3. The van der Waals surface area contributed by atoms with Gasteiger partial charge in [0.05, 0.1) is 42.1 Å². The van der Waals surface area contributed by atoms with Crippen LogP contribution in [-0.2, 0) is 32.1 Å². The molecular weight excluding hydrogens is 626 g/mol. The van der Waals surface area contributed by atoms with Crippen molar-refractivity contribution in [1.29, 1.82) is 0 Å². The summed E-state index contributed by atoms with van der Waals surface area (Å²) in [5.74, 6) is -0.973. The lowest BCUT2D eigenvalue weighted by atomic mass is 9.87. The number of esters is 1. The SMILES string of the molecule is CCCOc1c2c(c(CO)c3c1/C(=C/CN1C=CNC1N1CN=C4C(=O)N=C(N)N=C41)C(C=O)=C(C(=O)OCC)O3)O[C@H](C(C)(C)O)C2. The largest absolute Gasteiger partial charge is 0.492 e. The summed E-state index contributed by atoms with van der Waals surface area (Å²) in [6, 6.07) is 0. The fraction of sp³-hybridized carbons (Fsp3) is 0.438. The molecule has 0 aliphatic carbocycles. The highest BCUT2D eigenvalue weighted by Crippen LogP contribution is 2.54. The Morgan fingerprint density at radius 1 is 1.27 bits per heavy atom. The van der Waals surface area contributed by atoms with Crippen molar-refractivity contribution >= 4 is 41.2 Å². The second-order valence-electron chi connectivity index (χ2n) is 12.0. The maximum Gasteiger partial charge on any atom is 0.375 e. The van der Waals surface area contributed by atoms with Gasteiger partial charge in [0.15, 0.2) is 24.1 Å². The fourth-order valence-corrected chi connectivity index (χ4v) is 6.05. The van der Waals surface area contributed by atoms with Crippen molar-refractivity contribution in [2.45, 2.75) is 65.1 Å². The van der Waals surface area contributed by atoms with E-state index >= 15 is 0 Å². The molecule has 0 saturated heterocycles. The van der Waals surface area contributed by atoms with Crippen molar-refractivity contribution in [3.63, 3.8) is 0 Å². The molecule has 254 valence electrons. The Balaban J connectivity index is 1.47. The molecule has 16 heteroatoms. The molecule has 48 heavy (non-hydrogen) atoms. The van der Waals surface area contributed by atoms with E-state index in [9.17, 15) is 24.6 Å². The number of carbonyl (C=O) groups excluding carboxylic acids is 3. The number of aldehydes is 1. The third-order valence-electron chi connectivity index (χ3n) is 8.31. The van der Waals surface area contributed by atoms with Crippen molar-refractivity contribution in [2.24, 2.45) is 20.7 Å². The van der Waals surface area contributed by atoms with Gasteiger partial charge in [0.25, 0.3) is 0 Å². The number of benzene rings is 1. The van der Waals surface area contributed by atoms with Gasteiger partial charge in [-0.05, 0) is 27.2 Å². The molecule has 0 aromatic heterocycles. The van der Waals surface area contributed by atoms with Crippen LogP contribution in [0.2, 0.25) is 0 Å². The summed E-state index contributed by atoms with van der Waals surface area (Å²) in [7, 11) is 0. The lowest BCUT2D eigenvalue weighted by Gasteiger charge is -2.34. The van der Waals surface area contributed by atoms with Crippen LogP contribution < -0.4 is 25.3 Å². The standard InChI is InChI=1S/C32H37N7O9/c1-5-11-46-24-17-12-20(32(3,4)44)47-23(17)19(14-41)25-21(24)16(18(13-40)26(48-25)29(43)45-6-2)7-9-38-10-8-34-31(38)39-15-35-22-27(39)36-30(33)37-28(22)42/h7-8,10,13,20,31,34,41,44H,5-6,9,11-12,14-15H2,1-4H3,(H2,33,37,42)/b16-7+/t20-,31?/m0/s1. The van der Waals surface area contributed by atoms with E-state index in [1.54, 1.807) is 44.1 Å². The molecule has 0 bridgehead atoms. The quantitative estimate of drug-likeness (QED) is 0.188. The second kappa shape index (κ2) is 12.8. The van der Waals surface area contributed by atoms with Crippen LogP contribution in [-0.4, -0.2) is 100 Å². The molecule has 1 aromatic carbocycles. The van der Waals surface area contributed by atoms with E-state index in [4.69, 9.17) is 24.7 Å². The number of aliphatic hydroxyl groups is 2. The monoisotopic (exact) mass is 663 g/mol. The Hall–Kier alpha value is -5.22. The predicted molar refractivity (Wildman–Crippen MR) is 172 cm³/mol. The Morgan fingerprint density at radius 3 is 2.75 bits per heavy atom. The molecule has 1 amide bonds. The van der Waals surface area contributed by atoms with Crippen molar-refractivity contribution in [3.05, 3.63) is 46.5 Å². The minimum absolute atomic E-state index is 0.0233. The number of hydrogen-bond acceptors (Lipinski definition) is 15. The van der Waals surface area contributed by atoms with Crippen LogP contribution in [0.5, 0.6) is 17.2 Å². The summed E-state index contributed by atoms with van der Waals surface area (Å²) in [6.45, 7) is 6.88. The van der Waals surface area contributed by atoms with Crippen LogP contribution in [0.1, 0.15) is 50.8 Å². The van der Waals surface area contributed by atoms with Crippen molar-refractivity contribution in [2.75, 3.05) is 26.4 Å². The van der Waals surface area contributed by atoms with Gasteiger partial charge in [-0.1, -0.05) is 13.0 Å². The third kappa shape index (κ3) is 5.56. The summed E-state index contributed by atoms with van der Waals surface area (Å²) in [4.78, 5) is 54.2. The van der Waals surface area contributed by atoms with Gasteiger partial charge in [-0.15, -0.1) is 0 Å². The number of nitrogens with zero attached hydrogens (tertiary/aromatic N) is 5. The molecule has 1 aromatic rings. The molecule has 0 radical (unpaired) electrons. The van der Waals surface area contributed by atoms with Crippen LogP contribution >= 0.6 is 0 Å². The van der Waals surface area contributed by atoms with Crippen molar-refractivity contribution < 1.29 is 43.5 Å². The van der Waals surface area contributed by atoms with E-state index in [2.05, 4.69) is 20.3 Å². The van der Waals surface area contributed by atoms with Gasteiger partial charge in [-0.3, -0.25) is 19.5 Å². The van der Waals surface area contributed by atoms with Gasteiger partial charge in [0.2, 0.25) is 11.7 Å². The molecule has 0 spiro atoms. The van der Waals surface area contributed by atoms with E-state index in [0.717, 1.165) is 0 Å². The molecule has 6 rings (SSSR count). The van der Waals surface area contributed by atoms with Gasteiger partial charge < -0.3 is 45.1 Å². The van der Waals surface area contributed by atoms with Gasteiger partial charge in [-0.2, -0.15) is 9.98 Å². The molecule has 1 unspecified atom stereocenters. The number of allylic oxidation sites excluding steroid dienone is 2. The maximum absolute atomic E-state index is 13.2. The van der Waals surface area contributed by atoms with Crippen LogP contribution in [0.15, 0.2) is 44.8 Å². The first kappa shape index (κ1) is 32.7. The van der Waals surface area contributed by atoms with Gasteiger partial charge >= 0.3 is 11.9 Å². The zero-order chi connectivity index (χ0) is 34.3. The van der Waals surface area contributed by atoms with Gasteiger partial charge in [-0.25, -0.2) is 4.79 Å². The fourth-order valence-electron chi connectivity index (χ4n) is 6.05. The highest BCUT2D eigenvalue weighted by atomic mass is 16.6. The summed E-state index contributed by atoms with van der Waals surface area (Å²) in [5.41, 5.74) is 6.05. The molecular formula is C32H37N7O9. The Kier molecular flexibility index (Phi) is 8.70. The Labute approximate surface area is 275 Å². The maximum atomic E-state index is 13.2. The Morgan fingerprint density at radius 2 is 2.06 bits per heavy atom. The van der Waals surface area contributed by atoms with Crippen LogP contribution in [0, 0.1) is 0 Å². The van der Waals surface area contributed by atoms with Gasteiger partial charge in [0.1, 0.15) is 30.0 Å². The van der Waals surface area contributed by atoms with E-state index in [1.165, 1.54) is 0 Å². The summed E-state index contributed by atoms with van der Waals surface area (Å²) in [5, 5.41) is 24.7. The zero-order valence-electron chi connectivity index (χ0n) is 27.0. The van der Waals surface area contributed by atoms with E-state index in [0.29, 0.717) is 41.8 Å². The molecule has 5 aliphatic heterocycles. The molecule has 2 atom stereocenters. The smallest absolute Gasteiger partial charge is 0.375 e. The highest BCUT2D eigenvalue weighted by Gasteiger charge is 2.44. The molecule has 0 fully saturated rings. The summed E-state index contributed by atoms with van der Waals surface area (Å²) in [6.07, 6.45) is 5.42. The first-order valence-corrected chi connectivity index (χ1v) is 15.6. The number of hydrogen-bond donors (Lipinski definition) is 4. The van der Waals surface area contributed by atoms with E-state index < -0.39 is 36.5 Å². The number of rotatable bonds is 11. The first-order valence-electron chi connectivity index (χ1n) is 15.6. The van der Waals surface area contributed by atoms with E-state index in [-0.39, 0.29) is 72.1 Å². The molecule has 0 saturated carbocycles. The van der Waals surface area contributed by atoms with Crippen molar-refractivity contribution in [1.82, 2.24) is 15.1 Å². The highest BCUT2D eigenvalue weighted by molar-refractivity contribution is 6.69. The normalized spacial score (nSPS) is 21.9. The molecule has 5 N–H and O–H groups in total. The van der Waals surface area contributed by atoms with Crippen LogP contribution in [0.25, 0.3) is 5.57 Å². The number of guanidine groups is 1. The lowest BCUT2D eigenvalue weighted by Crippen LogP contribution is -2.53. The number of aliphatic imine (C=N–C) groups is 3. The Bertz CT molecular complexity index is 1750. The second-order valence-corrected chi connectivity index (χ2v) is 12.0. The average molecular weight is 664 g/mol. The summed E-state index contributed by atoms with van der Waals surface area (Å²) < 4.78 is 23.9. The predicted octanol–water partition coefficient (Wildman–Crippen LogP) is 0.462. The molecule has 5 aliphatic rings. The van der Waals surface area contributed by atoms with Crippen LogP contribution in [0.4, 0.5) is 0 Å². The average Bonchev–Trinajstić information content (AvgIpc) is 3.80. The molecule has 16 nitrogen and oxygen atoms in total. The zero-order valence-corrected chi connectivity index (χ0v) is 27.0. The number of amides is 1. The first-order chi connectivity index (χ1) is 23.0. The summed E-state index contributed by atoms with van der Waals surface area (Å²) >= 11 is 0. The minimum Gasteiger partial charge on any atom is -0.492 e. The number of amidine groups is 1.